The molecule has 1 aliphatic rings. The molecule has 4 aromatic rings. The van der Waals surface area contributed by atoms with Gasteiger partial charge in [-0.05, 0) is 95.6 Å². The second kappa shape index (κ2) is 13.4. The number of hydrogen-bond acceptors (Lipinski definition) is 6. The van der Waals surface area contributed by atoms with Crippen LogP contribution in [0.4, 0.5) is 4.39 Å². The number of aromatic amines is 1. The van der Waals surface area contributed by atoms with Crippen LogP contribution < -0.4 is 10.1 Å². The number of halogens is 1. The van der Waals surface area contributed by atoms with Crippen LogP contribution in [0.3, 0.4) is 0 Å². The molecular weight excluding hydrogens is 559 g/mol. The molecule has 0 saturated carbocycles. The predicted octanol–water partition coefficient (Wildman–Crippen LogP) is 6.77. The summed E-state index contributed by atoms with van der Waals surface area (Å²) in [5.74, 6) is 0.543. The molecule has 1 atom stereocenters. The normalized spacial score (nSPS) is 15.2. The van der Waals surface area contributed by atoms with Crippen LogP contribution in [0.5, 0.6) is 11.5 Å². The zero-order chi connectivity index (χ0) is 31.3. The molecule has 9 heteroatoms. The van der Waals surface area contributed by atoms with E-state index in [1.165, 1.54) is 6.07 Å². The first-order valence-corrected chi connectivity index (χ1v) is 15.0. The summed E-state index contributed by atoms with van der Waals surface area (Å²) >= 11 is 0. The molecule has 1 fully saturated rings. The molecule has 5 rings (SSSR count). The standard InChI is InChI=1S/C35H39FN4O4/c1-23-6-11-30(36)29(18-23)24-7-9-27(10-8-24)43-28-12-15-37-32(20-28)31-19-26(21-39-31)33(41)38-14-5-16-40-17-13-25(22-40)34(42)44-35(2,3)4/h6-12,15,18-21,25,39H,5,13-14,16-17,22H2,1-4H3,(H,38,41). The summed E-state index contributed by atoms with van der Waals surface area (Å²) in [6, 6.07) is 17.6. The lowest BCUT2D eigenvalue weighted by Gasteiger charge is -2.22. The van der Waals surface area contributed by atoms with Gasteiger partial charge >= 0.3 is 5.97 Å². The molecule has 8 nitrogen and oxygen atoms in total. The number of pyridine rings is 1. The molecule has 44 heavy (non-hydrogen) atoms. The Hall–Kier alpha value is -4.50. The first-order chi connectivity index (χ1) is 21.0. The van der Waals surface area contributed by atoms with Gasteiger partial charge in [0.1, 0.15) is 22.9 Å². The van der Waals surface area contributed by atoms with Gasteiger partial charge in [0.15, 0.2) is 0 Å². The van der Waals surface area contributed by atoms with Gasteiger partial charge in [0.05, 0.1) is 22.9 Å². The first-order valence-electron chi connectivity index (χ1n) is 15.0. The molecule has 0 bridgehead atoms. The van der Waals surface area contributed by atoms with E-state index in [0.29, 0.717) is 47.1 Å². The molecule has 3 heterocycles. The summed E-state index contributed by atoms with van der Waals surface area (Å²) in [4.78, 5) is 34.9. The van der Waals surface area contributed by atoms with Gasteiger partial charge in [-0.15, -0.1) is 0 Å². The number of hydrogen-bond donors (Lipinski definition) is 2. The minimum atomic E-state index is -0.474. The average molecular weight is 599 g/mol. The van der Waals surface area contributed by atoms with Crippen molar-refractivity contribution in [3.8, 4) is 34.0 Å². The third kappa shape index (κ3) is 8.11. The molecule has 2 aromatic heterocycles. The van der Waals surface area contributed by atoms with E-state index in [1.807, 2.05) is 45.9 Å². The lowest BCUT2D eigenvalue weighted by Crippen LogP contribution is -2.32. The minimum absolute atomic E-state index is 0.0879. The maximum atomic E-state index is 14.3. The number of carbonyl (C=O) groups excluding carboxylic acids is 2. The van der Waals surface area contributed by atoms with E-state index >= 15 is 0 Å². The number of likely N-dealkylation sites (tertiary alicyclic amines) is 1. The number of rotatable bonds is 10. The zero-order valence-electron chi connectivity index (χ0n) is 25.7. The van der Waals surface area contributed by atoms with Gasteiger partial charge < -0.3 is 24.7 Å². The van der Waals surface area contributed by atoms with Gasteiger partial charge in [-0.3, -0.25) is 14.6 Å². The van der Waals surface area contributed by atoms with Crippen LogP contribution in [0.25, 0.3) is 22.5 Å². The monoisotopic (exact) mass is 598 g/mol. The van der Waals surface area contributed by atoms with Crippen LogP contribution in [0.2, 0.25) is 0 Å². The minimum Gasteiger partial charge on any atom is -0.460 e. The smallest absolute Gasteiger partial charge is 0.310 e. The fourth-order valence-electron chi connectivity index (χ4n) is 5.21. The van der Waals surface area contributed by atoms with Crippen molar-refractivity contribution in [2.24, 2.45) is 5.92 Å². The topological polar surface area (TPSA) is 96.6 Å². The average Bonchev–Trinajstić information content (AvgIpc) is 3.67. The number of esters is 1. The Balaban J connectivity index is 1.10. The highest BCUT2D eigenvalue weighted by Gasteiger charge is 2.31. The second-order valence-corrected chi connectivity index (χ2v) is 12.2. The van der Waals surface area contributed by atoms with Gasteiger partial charge in [0.2, 0.25) is 0 Å². The Morgan fingerprint density at radius 2 is 1.86 bits per heavy atom. The van der Waals surface area contributed by atoms with Crippen LogP contribution in [0.15, 0.2) is 73.1 Å². The van der Waals surface area contributed by atoms with Crippen LogP contribution in [0, 0.1) is 18.7 Å². The van der Waals surface area contributed by atoms with Gasteiger partial charge in [-0.1, -0.05) is 23.8 Å². The molecule has 1 unspecified atom stereocenters. The molecule has 0 spiro atoms. The Morgan fingerprint density at radius 1 is 1.07 bits per heavy atom. The summed E-state index contributed by atoms with van der Waals surface area (Å²) in [6.45, 7) is 10.5. The van der Waals surface area contributed by atoms with Crippen LogP contribution in [-0.2, 0) is 9.53 Å². The first kappa shape index (κ1) is 30.9. The fraction of sp³-hybridized carbons (Fsp3) is 0.343. The van der Waals surface area contributed by atoms with Crippen LogP contribution in [0.1, 0.15) is 49.5 Å². The Kier molecular flexibility index (Phi) is 9.44. The number of aromatic nitrogens is 2. The van der Waals surface area contributed by atoms with E-state index in [-0.39, 0.29) is 23.6 Å². The van der Waals surface area contributed by atoms with Crippen molar-refractivity contribution >= 4 is 11.9 Å². The van der Waals surface area contributed by atoms with Gasteiger partial charge in [-0.2, -0.15) is 0 Å². The summed E-state index contributed by atoms with van der Waals surface area (Å²) in [5.41, 5.74) is 3.68. The number of H-pyrrole nitrogens is 1. The van der Waals surface area contributed by atoms with E-state index in [4.69, 9.17) is 9.47 Å². The zero-order valence-corrected chi connectivity index (χ0v) is 25.7. The molecule has 0 aliphatic carbocycles. The lowest BCUT2D eigenvalue weighted by molar-refractivity contribution is -0.159. The Bertz CT molecular complexity index is 1610. The van der Waals surface area contributed by atoms with E-state index in [0.717, 1.165) is 37.1 Å². The highest BCUT2D eigenvalue weighted by molar-refractivity contribution is 5.95. The van der Waals surface area contributed by atoms with Gasteiger partial charge in [0.25, 0.3) is 5.91 Å². The van der Waals surface area contributed by atoms with E-state index in [1.54, 1.807) is 48.8 Å². The van der Waals surface area contributed by atoms with Crippen LogP contribution >= 0.6 is 0 Å². The van der Waals surface area contributed by atoms with Gasteiger partial charge in [0, 0.05) is 37.1 Å². The van der Waals surface area contributed by atoms with Crippen LogP contribution in [-0.4, -0.2) is 58.5 Å². The summed E-state index contributed by atoms with van der Waals surface area (Å²) in [7, 11) is 0. The number of nitrogens with one attached hydrogen (secondary N) is 2. The third-order valence-corrected chi connectivity index (χ3v) is 7.42. The summed E-state index contributed by atoms with van der Waals surface area (Å²) in [6.07, 6.45) is 4.89. The van der Waals surface area contributed by atoms with E-state index in [2.05, 4.69) is 20.2 Å². The highest BCUT2D eigenvalue weighted by Crippen LogP contribution is 2.29. The molecule has 1 saturated heterocycles. The van der Waals surface area contributed by atoms with Gasteiger partial charge in [-0.25, -0.2) is 4.39 Å². The maximum absolute atomic E-state index is 14.3. The highest BCUT2D eigenvalue weighted by atomic mass is 19.1. The molecule has 230 valence electrons. The van der Waals surface area contributed by atoms with Crippen molar-refractivity contribution in [1.29, 1.82) is 0 Å². The Labute approximate surface area is 257 Å². The molecule has 1 amide bonds. The molecule has 1 aliphatic heterocycles. The number of nitrogens with zero attached hydrogens (tertiary/aromatic N) is 2. The van der Waals surface area contributed by atoms with E-state index in [9.17, 15) is 14.0 Å². The lowest BCUT2D eigenvalue weighted by atomic mass is 10.0. The summed E-state index contributed by atoms with van der Waals surface area (Å²) < 4.78 is 25.8. The molecular formula is C35H39FN4O4. The third-order valence-electron chi connectivity index (χ3n) is 7.42. The molecule has 0 radical (unpaired) electrons. The fourth-order valence-corrected chi connectivity index (χ4v) is 5.21. The van der Waals surface area contributed by atoms with Crippen molar-refractivity contribution in [2.75, 3.05) is 26.2 Å². The van der Waals surface area contributed by atoms with Crippen molar-refractivity contribution in [2.45, 2.75) is 46.1 Å². The maximum Gasteiger partial charge on any atom is 0.310 e. The van der Waals surface area contributed by atoms with Crippen molar-refractivity contribution in [1.82, 2.24) is 20.2 Å². The quantitative estimate of drug-likeness (QED) is 0.155. The second-order valence-electron chi connectivity index (χ2n) is 12.2. The molecule has 2 N–H and O–H groups in total. The number of carbonyl (C=O) groups is 2. The Morgan fingerprint density at radius 3 is 2.64 bits per heavy atom. The SMILES string of the molecule is Cc1ccc(F)c(-c2ccc(Oc3ccnc(-c4cc(C(=O)NCCCN5CCC(C(=O)OC(C)(C)C)C5)c[nH]4)c3)cc2)c1. The number of ether oxygens (including phenoxy) is 2. The van der Waals surface area contributed by atoms with Crippen molar-refractivity contribution in [3.63, 3.8) is 0 Å². The number of benzene rings is 2. The van der Waals surface area contributed by atoms with Crippen molar-refractivity contribution in [3.05, 3.63) is 90.0 Å². The molecule has 2 aromatic carbocycles. The largest absolute Gasteiger partial charge is 0.460 e. The summed E-state index contributed by atoms with van der Waals surface area (Å²) in [5, 5.41) is 2.97. The van der Waals surface area contributed by atoms with Crippen molar-refractivity contribution < 1.29 is 23.5 Å². The number of aryl methyl sites for hydroxylation is 1. The number of amides is 1. The van der Waals surface area contributed by atoms with E-state index < -0.39 is 5.60 Å². The predicted molar refractivity (Wildman–Crippen MR) is 168 cm³/mol.